The Morgan fingerprint density at radius 2 is 1.38 bits per heavy atom. The molecule has 4 nitrogen and oxygen atoms in total. The number of amides is 2. The van der Waals surface area contributed by atoms with Crippen molar-refractivity contribution in [2.75, 3.05) is 26.2 Å². The molecule has 0 saturated carbocycles. The minimum absolute atomic E-state index is 0.0187. The molecule has 0 bridgehead atoms. The summed E-state index contributed by atoms with van der Waals surface area (Å²) in [5, 5.41) is 0.459. The van der Waals surface area contributed by atoms with Crippen molar-refractivity contribution < 1.29 is 9.59 Å². The Morgan fingerprint density at radius 3 is 1.92 bits per heavy atom. The number of hydrogen-bond donors (Lipinski definition) is 0. The lowest BCUT2D eigenvalue weighted by molar-refractivity contribution is 0.0535. The highest BCUT2D eigenvalue weighted by Gasteiger charge is 2.26. The first-order valence-electron chi connectivity index (χ1n) is 8.90. The minimum Gasteiger partial charge on any atom is -0.335 e. The van der Waals surface area contributed by atoms with E-state index < -0.39 is 0 Å². The van der Waals surface area contributed by atoms with E-state index >= 15 is 0 Å². The lowest BCUT2D eigenvalue weighted by atomic mass is 10.0. The van der Waals surface area contributed by atoms with Crippen LogP contribution in [-0.4, -0.2) is 47.8 Å². The van der Waals surface area contributed by atoms with Gasteiger partial charge in [-0.15, -0.1) is 0 Å². The van der Waals surface area contributed by atoms with Gasteiger partial charge >= 0.3 is 0 Å². The minimum atomic E-state index is -0.0796. The Kier molecular flexibility index (Phi) is 5.62. The molecule has 3 rings (SSSR count). The van der Waals surface area contributed by atoms with Crippen LogP contribution in [0.15, 0.2) is 48.5 Å². The summed E-state index contributed by atoms with van der Waals surface area (Å²) in [6, 6.07) is 14.9. The summed E-state index contributed by atoms with van der Waals surface area (Å²) in [6.45, 7) is 6.35. The quantitative estimate of drug-likeness (QED) is 0.817. The summed E-state index contributed by atoms with van der Waals surface area (Å²) in [5.74, 6) is 0.382. The van der Waals surface area contributed by atoms with Gasteiger partial charge in [-0.2, -0.15) is 0 Å². The fraction of sp³-hybridized carbons (Fsp3) is 0.333. The van der Waals surface area contributed by atoms with Gasteiger partial charge < -0.3 is 9.80 Å². The SMILES string of the molecule is CC(C)c1ccc(C(=O)N2CCN(C(=O)c3ccccc3Cl)CC2)cc1. The molecule has 2 amide bonds. The molecular weight excluding hydrogens is 348 g/mol. The molecule has 1 aliphatic heterocycles. The molecule has 1 saturated heterocycles. The second-order valence-corrected chi connectivity index (χ2v) is 7.25. The lowest BCUT2D eigenvalue weighted by Crippen LogP contribution is -2.50. The van der Waals surface area contributed by atoms with Crippen LogP contribution >= 0.6 is 11.6 Å². The Hall–Kier alpha value is -2.33. The predicted octanol–water partition coefficient (Wildman–Crippen LogP) is 4.06. The fourth-order valence-electron chi connectivity index (χ4n) is 3.11. The number of piperazine rings is 1. The molecule has 2 aromatic rings. The van der Waals surface area contributed by atoms with E-state index in [4.69, 9.17) is 11.6 Å². The number of carbonyl (C=O) groups excluding carboxylic acids is 2. The lowest BCUT2D eigenvalue weighted by Gasteiger charge is -2.35. The summed E-state index contributed by atoms with van der Waals surface area (Å²) in [6.07, 6.45) is 0. The second-order valence-electron chi connectivity index (χ2n) is 6.84. The molecule has 1 heterocycles. The average Bonchev–Trinajstić information content (AvgIpc) is 2.67. The largest absolute Gasteiger partial charge is 0.335 e. The number of hydrogen-bond acceptors (Lipinski definition) is 2. The maximum atomic E-state index is 12.7. The highest BCUT2D eigenvalue weighted by molar-refractivity contribution is 6.33. The van der Waals surface area contributed by atoms with Crippen molar-refractivity contribution in [2.24, 2.45) is 0 Å². The molecule has 0 atom stereocenters. The van der Waals surface area contributed by atoms with Crippen LogP contribution in [0.3, 0.4) is 0 Å². The van der Waals surface area contributed by atoms with Crippen LogP contribution in [0.5, 0.6) is 0 Å². The molecule has 0 aromatic heterocycles. The summed E-state index contributed by atoms with van der Waals surface area (Å²) < 4.78 is 0. The van der Waals surface area contributed by atoms with Crippen molar-refractivity contribution in [3.8, 4) is 0 Å². The van der Waals surface area contributed by atoms with Gasteiger partial charge in [0.25, 0.3) is 11.8 Å². The third-order valence-electron chi connectivity index (χ3n) is 4.78. The summed E-state index contributed by atoms with van der Waals surface area (Å²) in [4.78, 5) is 28.9. The Bertz CT molecular complexity index is 794. The molecule has 5 heteroatoms. The van der Waals surface area contributed by atoms with Gasteiger partial charge in [0.15, 0.2) is 0 Å². The zero-order chi connectivity index (χ0) is 18.7. The number of nitrogens with zero attached hydrogens (tertiary/aromatic N) is 2. The van der Waals surface area contributed by atoms with Crippen LogP contribution in [0.4, 0.5) is 0 Å². The van der Waals surface area contributed by atoms with E-state index in [1.54, 1.807) is 34.1 Å². The zero-order valence-corrected chi connectivity index (χ0v) is 15.9. The fourth-order valence-corrected chi connectivity index (χ4v) is 3.33. The van der Waals surface area contributed by atoms with Crippen molar-refractivity contribution in [1.82, 2.24) is 9.80 Å². The van der Waals surface area contributed by atoms with Crippen molar-refractivity contribution in [2.45, 2.75) is 19.8 Å². The van der Waals surface area contributed by atoms with Crippen molar-refractivity contribution in [3.05, 3.63) is 70.2 Å². The van der Waals surface area contributed by atoms with Gasteiger partial charge in [0.1, 0.15) is 0 Å². The van der Waals surface area contributed by atoms with Crippen LogP contribution < -0.4 is 0 Å². The highest BCUT2D eigenvalue weighted by atomic mass is 35.5. The third-order valence-corrected chi connectivity index (χ3v) is 5.11. The zero-order valence-electron chi connectivity index (χ0n) is 15.1. The van der Waals surface area contributed by atoms with E-state index in [9.17, 15) is 9.59 Å². The van der Waals surface area contributed by atoms with Gasteiger partial charge in [0, 0.05) is 31.7 Å². The van der Waals surface area contributed by atoms with Crippen LogP contribution in [0.25, 0.3) is 0 Å². The average molecular weight is 371 g/mol. The molecule has 136 valence electrons. The van der Waals surface area contributed by atoms with Gasteiger partial charge in [0.2, 0.25) is 0 Å². The van der Waals surface area contributed by atoms with E-state index in [0.29, 0.717) is 48.2 Å². The van der Waals surface area contributed by atoms with E-state index in [1.165, 1.54) is 5.56 Å². The predicted molar refractivity (Wildman–Crippen MR) is 104 cm³/mol. The molecule has 1 aliphatic rings. The summed E-state index contributed by atoms with van der Waals surface area (Å²) >= 11 is 6.12. The summed E-state index contributed by atoms with van der Waals surface area (Å²) in [7, 11) is 0. The first-order chi connectivity index (χ1) is 12.5. The highest BCUT2D eigenvalue weighted by Crippen LogP contribution is 2.19. The van der Waals surface area contributed by atoms with E-state index in [2.05, 4.69) is 13.8 Å². The molecule has 0 N–H and O–H groups in total. The first kappa shape index (κ1) is 18.5. The smallest absolute Gasteiger partial charge is 0.255 e. The molecule has 0 spiro atoms. The topological polar surface area (TPSA) is 40.6 Å². The summed E-state index contributed by atoms with van der Waals surface area (Å²) in [5.41, 5.74) is 2.43. The molecule has 0 unspecified atom stereocenters. The van der Waals surface area contributed by atoms with Crippen molar-refractivity contribution in [3.63, 3.8) is 0 Å². The molecule has 0 aliphatic carbocycles. The number of carbonyl (C=O) groups is 2. The Morgan fingerprint density at radius 1 is 0.846 bits per heavy atom. The van der Waals surface area contributed by atoms with Crippen molar-refractivity contribution in [1.29, 1.82) is 0 Å². The maximum Gasteiger partial charge on any atom is 0.255 e. The van der Waals surface area contributed by atoms with E-state index in [-0.39, 0.29) is 11.8 Å². The van der Waals surface area contributed by atoms with Gasteiger partial charge in [-0.1, -0.05) is 49.7 Å². The number of halogens is 1. The maximum absolute atomic E-state index is 12.7. The van der Waals surface area contributed by atoms with Crippen LogP contribution in [0, 0.1) is 0 Å². The van der Waals surface area contributed by atoms with Crippen LogP contribution in [0.2, 0.25) is 5.02 Å². The molecular formula is C21H23ClN2O2. The van der Waals surface area contributed by atoms with Gasteiger partial charge in [-0.05, 0) is 35.7 Å². The molecule has 2 aromatic carbocycles. The standard InChI is InChI=1S/C21H23ClN2O2/c1-15(2)16-7-9-17(10-8-16)20(25)23-11-13-24(14-12-23)21(26)18-5-3-4-6-19(18)22/h3-10,15H,11-14H2,1-2H3. The van der Waals surface area contributed by atoms with Gasteiger partial charge in [-0.3, -0.25) is 9.59 Å². The molecule has 0 radical (unpaired) electrons. The monoisotopic (exact) mass is 370 g/mol. The van der Waals surface area contributed by atoms with Gasteiger partial charge in [0.05, 0.1) is 10.6 Å². The number of rotatable bonds is 3. The van der Waals surface area contributed by atoms with E-state index in [0.717, 1.165) is 0 Å². The van der Waals surface area contributed by atoms with Crippen molar-refractivity contribution >= 4 is 23.4 Å². The Balaban J connectivity index is 1.62. The van der Waals surface area contributed by atoms with Gasteiger partial charge in [-0.25, -0.2) is 0 Å². The molecule has 26 heavy (non-hydrogen) atoms. The van der Waals surface area contributed by atoms with E-state index in [1.807, 2.05) is 24.3 Å². The first-order valence-corrected chi connectivity index (χ1v) is 9.28. The number of benzene rings is 2. The third kappa shape index (κ3) is 3.91. The molecule has 1 fully saturated rings. The second kappa shape index (κ2) is 7.92. The van der Waals surface area contributed by atoms with Crippen LogP contribution in [0.1, 0.15) is 46.0 Å². The Labute approximate surface area is 159 Å². The van der Waals surface area contributed by atoms with Crippen LogP contribution in [-0.2, 0) is 0 Å². The normalized spacial score (nSPS) is 14.6.